The van der Waals surface area contributed by atoms with E-state index in [0.29, 0.717) is 5.92 Å². The van der Waals surface area contributed by atoms with Crippen LogP contribution in [0.1, 0.15) is 46.0 Å². The van der Waals surface area contributed by atoms with E-state index in [1.165, 1.54) is 6.42 Å². The van der Waals surface area contributed by atoms with Gasteiger partial charge < -0.3 is 21.5 Å². The van der Waals surface area contributed by atoms with Crippen LogP contribution in [0.25, 0.3) is 1.43 Å². The lowest BCUT2D eigenvalue weighted by atomic mass is 9.86. The molecule has 2 unspecified atom stereocenters. The number of carboxylic acid groups (broad SMARTS) is 1. The first-order valence-electron chi connectivity index (χ1n) is 7.78. The molecule has 1 saturated carbocycles. The maximum atomic E-state index is 12.1. The molecule has 4 atom stereocenters. The number of hydrogen-bond acceptors (Lipinski definition) is 5. The van der Waals surface area contributed by atoms with Crippen molar-refractivity contribution in [2.24, 2.45) is 11.7 Å². The minimum Gasteiger partial charge on any atom is -0.481 e. The third-order valence-electron chi connectivity index (χ3n) is 3.91. The Morgan fingerprint density at radius 2 is 2.00 bits per heavy atom. The highest BCUT2D eigenvalue weighted by atomic mass is 16.4. The number of carbonyl (C=O) groups is 3. The minimum absolute atomic E-state index is 0.132. The molecule has 0 spiro atoms. The molecule has 0 aromatic carbocycles. The second kappa shape index (κ2) is 7.97. The largest absolute Gasteiger partial charge is 0.481 e. The number of nitrogens with two attached hydrogens (primary N) is 1. The Kier molecular flexibility index (Phi) is 5.98. The predicted molar refractivity (Wildman–Crippen MR) is 77.4 cm³/mol. The van der Waals surface area contributed by atoms with Gasteiger partial charge in [-0.2, -0.15) is 0 Å². The highest BCUT2D eigenvalue weighted by Gasteiger charge is 2.26. The number of amides is 2. The lowest BCUT2D eigenvalue weighted by Gasteiger charge is -2.30. The molecule has 1 aliphatic carbocycles. The number of nitrogens with one attached hydrogen (secondary N) is 2. The van der Waals surface area contributed by atoms with E-state index in [0.717, 1.165) is 19.3 Å². The Morgan fingerprint density at radius 1 is 1.33 bits per heavy atom. The molecule has 7 nitrogen and oxygen atoms in total. The fraction of sp³-hybridized carbons (Fsp3) is 0.786. The molecular weight excluding hydrogens is 274 g/mol. The van der Waals surface area contributed by atoms with Gasteiger partial charge >= 0.3 is 5.97 Å². The Balaban J connectivity index is 2.42. The summed E-state index contributed by atoms with van der Waals surface area (Å²) >= 11 is 0. The quantitative estimate of drug-likeness (QED) is 0.549. The van der Waals surface area contributed by atoms with Crippen molar-refractivity contribution in [3.63, 3.8) is 0 Å². The van der Waals surface area contributed by atoms with Crippen LogP contribution >= 0.6 is 0 Å². The number of carbonyl (C=O) groups excluding carboxylic acids is 2. The van der Waals surface area contributed by atoms with Crippen LogP contribution in [0.2, 0.25) is 0 Å². The zero-order chi connectivity index (χ0) is 16.7. The van der Waals surface area contributed by atoms with Gasteiger partial charge in [-0.25, -0.2) is 0 Å². The molecule has 1 aliphatic rings. The monoisotopic (exact) mass is 300 g/mol. The van der Waals surface area contributed by atoms with Crippen molar-refractivity contribution in [2.75, 3.05) is 0 Å². The van der Waals surface area contributed by atoms with Crippen LogP contribution in [-0.4, -0.2) is 41.0 Å². The van der Waals surface area contributed by atoms with Gasteiger partial charge in [0.15, 0.2) is 0 Å². The third-order valence-corrected chi connectivity index (χ3v) is 3.91. The summed E-state index contributed by atoms with van der Waals surface area (Å²) in [5.41, 5.74) is 5.52. The van der Waals surface area contributed by atoms with Crippen molar-refractivity contribution < 1.29 is 19.5 Å². The van der Waals surface area contributed by atoms with Crippen LogP contribution in [-0.2, 0) is 14.4 Å². The Labute approximate surface area is 126 Å². The SMILES string of the molecule is [2H]OC(=O)C[C@H](N)C(=O)N[C@@H](C)C(=O)NC1CCCCC1C. The molecule has 5 N–H and O–H groups in total. The van der Waals surface area contributed by atoms with Crippen molar-refractivity contribution in [2.45, 2.75) is 64.1 Å². The van der Waals surface area contributed by atoms with Gasteiger partial charge in [-0.3, -0.25) is 14.4 Å². The standard InChI is InChI=1S/C14H25N3O4/c1-8-5-3-4-6-11(8)17-13(20)9(2)16-14(21)10(15)7-12(18)19/h8-11H,3-7,15H2,1-2H3,(H,16,21)(H,17,20)(H,18,19)/t8?,9-,10-,11?/m0/s1/i/hD. The number of aliphatic carboxylic acids is 1. The first kappa shape index (κ1) is 15.8. The molecule has 0 heterocycles. The molecule has 7 heteroatoms. The predicted octanol–water partition coefficient (Wildman–Crippen LogP) is -0.0120. The second-order valence-electron chi connectivity index (χ2n) is 5.79. The van der Waals surface area contributed by atoms with Gasteiger partial charge in [0.05, 0.1) is 12.5 Å². The summed E-state index contributed by atoms with van der Waals surface area (Å²) in [6.45, 7) is 3.67. The zero-order valence-electron chi connectivity index (χ0n) is 13.6. The summed E-state index contributed by atoms with van der Waals surface area (Å²) in [6.07, 6.45) is 3.91. The maximum absolute atomic E-state index is 12.1. The summed E-state index contributed by atoms with van der Waals surface area (Å²) < 4.78 is 6.41. The summed E-state index contributed by atoms with van der Waals surface area (Å²) in [4.78, 5) is 34.8. The van der Waals surface area contributed by atoms with Crippen LogP contribution in [0.15, 0.2) is 0 Å². The van der Waals surface area contributed by atoms with Crippen molar-refractivity contribution in [3.8, 4) is 0 Å². The smallest absolute Gasteiger partial charge is 0.305 e. The molecule has 1 rings (SSSR count). The fourth-order valence-corrected chi connectivity index (χ4v) is 2.50. The van der Waals surface area contributed by atoms with Gasteiger partial charge in [0.1, 0.15) is 6.04 Å². The van der Waals surface area contributed by atoms with E-state index in [2.05, 4.69) is 22.7 Å². The van der Waals surface area contributed by atoms with Crippen LogP contribution in [0.5, 0.6) is 0 Å². The van der Waals surface area contributed by atoms with Crippen molar-refractivity contribution in [1.82, 2.24) is 10.6 Å². The lowest BCUT2D eigenvalue weighted by molar-refractivity contribution is -0.139. The van der Waals surface area contributed by atoms with Gasteiger partial charge in [-0.15, -0.1) is 0 Å². The van der Waals surface area contributed by atoms with E-state index < -0.39 is 30.4 Å². The number of carboxylic acids is 1. The van der Waals surface area contributed by atoms with E-state index in [9.17, 15) is 14.4 Å². The average Bonchev–Trinajstić information content (AvgIpc) is 2.49. The number of hydrogen-bond donors (Lipinski definition) is 4. The van der Waals surface area contributed by atoms with Gasteiger partial charge in [-0.1, -0.05) is 19.8 Å². The van der Waals surface area contributed by atoms with Crippen LogP contribution in [0.3, 0.4) is 0 Å². The van der Waals surface area contributed by atoms with Crippen LogP contribution in [0, 0.1) is 5.92 Å². The van der Waals surface area contributed by atoms with Gasteiger partial charge in [0.25, 0.3) is 1.43 Å². The maximum Gasteiger partial charge on any atom is 0.305 e. The normalized spacial score (nSPS) is 25.2. The third kappa shape index (κ3) is 5.71. The molecule has 0 aromatic heterocycles. The van der Waals surface area contributed by atoms with Crippen LogP contribution in [0.4, 0.5) is 0 Å². The molecule has 0 aromatic rings. The van der Waals surface area contributed by atoms with E-state index in [1.54, 1.807) is 6.92 Å². The summed E-state index contributed by atoms with van der Waals surface area (Å²) in [5, 5.41) is 9.12. The van der Waals surface area contributed by atoms with Gasteiger partial charge in [0.2, 0.25) is 11.8 Å². The highest BCUT2D eigenvalue weighted by Crippen LogP contribution is 2.23. The average molecular weight is 300 g/mol. The Bertz CT molecular complexity index is 419. The summed E-state index contributed by atoms with van der Waals surface area (Å²) in [7, 11) is 0. The molecule has 21 heavy (non-hydrogen) atoms. The fourth-order valence-electron chi connectivity index (χ4n) is 2.50. The van der Waals surface area contributed by atoms with Crippen molar-refractivity contribution in [3.05, 3.63) is 0 Å². The topological polar surface area (TPSA) is 122 Å². The lowest BCUT2D eigenvalue weighted by Crippen LogP contribution is -2.53. The first-order valence-corrected chi connectivity index (χ1v) is 7.37. The molecule has 0 aliphatic heterocycles. The van der Waals surface area contributed by atoms with Crippen molar-refractivity contribution in [1.29, 1.82) is 1.43 Å². The molecule has 1 fully saturated rings. The Hall–Kier alpha value is -1.63. The van der Waals surface area contributed by atoms with E-state index in [-0.39, 0.29) is 11.9 Å². The minimum atomic E-state index is -1.14. The van der Waals surface area contributed by atoms with Crippen molar-refractivity contribution >= 4 is 17.8 Å². The second-order valence-corrected chi connectivity index (χ2v) is 5.79. The molecule has 0 saturated heterocycles. The Morgan fingerprint density at radius 3 is 2.62 bits per heavy atom. The number of rotatable bonds is 6. The van der Waals surface area contributed by atoms with E-state index in [1.807, 2.05) is 0 Å². The molecule has 0 bridgehead atoms. The van der Waals surface area contributed by atoms with Gasteiger partial charge in [-0.05, 0) is 25.7 Å². The van der Waals surface area contributed by atoms with E-state index >= 15 is 0 Å². The van der Waals surface area contributed by atoms with Crippen LogP contribution < -0.4 is 16.4 Å². The first-order chi connectivity index (χ1) is 10.3. The van der Waals surface area contributed by atoms with Gasteiger partial charge in [0, 0.05) is 6.04 Å². The summed E-state index contributed by atoms with van der Waals surface area (Å²) in [5.74, 6) is -1.35. The molecule has 2 amide bonds. The molecular formula is C14H25N3O4. The summed E-state index contributed by atoms with van der Waals surface area (Å²) in [6, 6.07) is -1.74. The highest BCUT2D eigenvalue weighted by molar-refractivity contribution is 5.91. The van der Waals surface area contributed by atoms with E-state index in [4.69, 9.17) is 7.16 Å². The molecule has 120 valence electrons. The molecule has 0 radical (unpaired) electrons. The zero-order valence-corrected chi connectivity index (χ0v) is 12.6.